The highest BCUT2D eigenvalue weighted by Crippen LogP contribution is 2.16. The summed E-state index contributed by atoms with van der Waals surface area (Å²) in [5.41, 5.74) is 1.61. The monoisotopic (exact) mass is 379 g/mol. The Bertz CT molecular complexity index is 645. The Kier molecular flexibility index (Phi) is 6.25. The molecular formula is C17H21N3O3S2. The lowest BCUT2D eigenvalue weighted by Crippen LogP contribution is -2.38. The van der Waals surface area contributed by atoms with E-state index in [1.165, 1.54) is 11.8 Å². The molecule has 0 saturated carbocycles. The van der Waals surface area contributed by atoms with Crippen molar-refractivity contribution in [1.82, 2.24) is 9.80 Å². The van der Waals surface area contributed by atoms with E-state index >= 15 is 0 Å². The molecule has 6 nitrogen and oxygen atoms in total. The standard InChI is InChI=1S/C17H21N3O3S2/c21-15(10-20-12-25-11-17(20)23)18-14-3-1-13(2-4-14)9-16(22)19-5-7-24-8-6-19/h1-4H,5-12H2,(H,18,21). The fourth-order valence-electron chi connectivity index (χ4n) is 2.72. The zero-order chi connectivity index (χ0) is 17.6. The van der Waals surface area contributed by atoms with Gasteiger partial charge >= 0.3 is 0 Å². The van der Waals surface area contributed by atoms with Gasteiger partial charge in [-0.2, -0.15) is 11.8 Å². The number of hydrogen-bond acceptors (Lipinski definition) is 5. The van der Waals surface area contributed by atoms with Crippen molar-refractivity contribution in [2.75, 3.05) is 48.1 Å². The summed E-state index contributed by atoms with van der Waals surface area (Å²) in [5.74, 6) is 3.00. The molecular weight excluding hydrogens is 358 g/mol. The van der Waals surface area contributed by atoms with Gasteiger partial charge in [-0.1, -0.05) is 12.1 Å². The Morgan fingerprint density at radius 1 is 1.08 bits per heavy atom. The molecule has 2 aliphatic rings. The van der Waals surface area contributed by atoms with Crippen LogP contribution in [0.1, 0.15) is 5.56 Å². The van der Waals surface area contributed by atoms with Crippen LogP contribution in [0.3, 0.4) is 0 Å². The van der Waals surface area contributed by atoms with Crippen LogP contribution in [0.2, 0.25) is 0 Å². The number of nitrogens with zero attached hydrogens (tertiary/aromatic N) is 2. The predicted octanol–water partition coefficient (Wildman–Crippen LogP) is 1.28. The van der Waals surface area contributed by atoms with Crippen LogP contribution < -0.4 is 5.32 Å². The zero-order valence-electron chi connectivity index (χ0n) is 13.9. The minimum Gasteiger partial charge on any atom is -0.341 e. The van der Waals surface area contributed by atoms with Gasteiger partial charge in [-0.15, -0.1) is 11.8 Å². The van der Waals surface area contributed by atoms with Gasteiger partial charge in [0.15, 0.2) is 0 Å². The number of amides is 3. The van der Waals surface area contributed by atoms with Gasteiger partial charge in [0.2, 0.25) is 17.7 Å². The van der Waals surface area contributed by atoms with Crippen LogP contribution in [0.5, 0.6) is 0 Å². The van der Waals surface area contributed by atoms with E-state index in [0.717, 1.165) is 30.2 Å². The molecule has 0 bridgehead atoms. The van der Waals surface area contributed by atoms with Gasteiger partial charge in [0.1, 0.15) is 6.54 Å². The third-order valence-electron chi connectivity index (χ3n) is 4.12. The first kappa shape index (κ1) is 18.1. The molecule has 8 heteroatoms. The van der Waals surface area contributed by atoms with Crippen molar-refractivity contribution in [2.24, 2.45) is 0 Å². The lowest BCUT2D eigenvalue weighted by molar-refractivity contribution is -0.130. The third kappa shape index (κ3) is 5.15. The minimum atomic E-state index is -0.203. The number of thioether (sulfide) groups is 2. The van der Waals surface area contributed by atoms with E-state index in [4.69, 9.17) is 0 Å². The Labute approximate surface area is 155 Å². The molecule has 0 radical (unpaired) electrons. The van der Waals surface area contributed by atoms with Crippen molar-refractivity contribution in [3.05, 3.63) is 29.8 Å². The maximum absolute atomic E-state index is 12.3. The SMILES string of the molecule is O=C(CN1CSCC1=O)Nc1ccc(CC(=O)N2CCSCC2)cc1. The van der Waals surface area contributed by atoms with Crippen molar-refractivity contribution in [2.45, 2.75) is 6.42 Å². The topological polar surface area (TPSA) is 69.7 Å². The number of benzene rings is 1. The molecule has 0 aromatic heterocycles. The first-order valence-corrected chi connectivity index (χ1v) is 10.5. The van der Waals surface area contributed by atoms with Gasteiger partial charge < -0.3 is 15.1 Å². The molecule has 2 heterocycles. The molecule has 0 aliphatic carbocycles. The van der Waals surface area contributed by atoms with Crippen molar-refractivity contribution >= 4 is 46.9 Å². The molecule has 2 aliphatic heterocycles. The summed E-state index contributed by atoms with van der Waals surface area (Å²) in [5, 5.41) is 2.79. The van der Waals surface area contributed by atoms with Crippen LogP contribution in [0.25, 0.3) is 0 Å². The van der Waals surface area contributed by atoms with E-state index in [0.29, 0.717) is 23.7 Å². The number of anilines is 1. The van der Waals surface area contributed by atoms with Gasteiger partial charge in [-0.25, -0.2) is 0 Å². The maximum Gasteiger partial charge on any atom is 0.244 e. The van der Waals surface area contributed by atoms with E-state index in [9.17, 15) is 14.4 Å². The van der Waals surface area contributed by atoms with Gasteiger partial charge in [-0.3, -0.25) is 14.4 Å². The summed E-state index contributed by atoms with van der Waals surface area (Å²) in [4.78, 5) is 39.3. The van der Waals surface area contributed by atoms with E-state index in [-0.39, 0.29) is 24.3 Å². The smallest absolute Gasteiger partial charge is 0.244 e. The summed E-state index contributed by atoms with van der Waals surface area (Å²) < 4.78 is 0. The summed E-state index contributed by atoms with van der Waals surface area (Å²) in [6.45, 7) is 1.73. The van der Waals surface area contributed by atoms with Gasteiger partial charge in [0, 0.05) is 30.3 Å². The number of nitrogens with one attached hydrogen (secondary N) is 1. The van der Waals surface area contributed by atoms with Crippen molar-refractivity contribution in [3.63, 3.8) is 0 Å². The van der Waals surface area contributed by atoms with Crippen LogP contribution >= 0.6 is 23.5 Å². The highest BCUT2D eigenvalue weighted by molar-refractivity contribution is 8.00. The summed E-state index contributed by atoms with van der Waals surface area (Å²) in [6, 6.07) is 7.33. The molecule has 0 atom stereocenters. The first-order valence-electron chi connectivity index (χ1n) is 8.21. The molecule has 0 unspecified atom stereocenters. The second-order valence-corrected chi connectivity index (χ2v) is 8.16. The van der Waals surface area contributed by atoms with Crippen LogP contribution in [-0.2, 0) is 20.8 Å². The molecule has 3 rings (SSSR count). The van der Waals surface area contributed by atoms with E-state index < -0.39 is 0 Å². The largest absolute Gasteiger partial charge is 0.341 e. The van der Waals surface area contributed by atoms with E-state index in [1.54, 1.807) is 17.0 Å². The van der Waals surface area contributed by atoms with Crippen LogP contribution in [0, 0.1) is 0 Å². The molecule has 2 saturated heterocycles. The zero-order valence-corrected chi connectivity index (χ0v) is 15.5. The Morgan fingerprint density at radius 3 is 2.44 bits per heavy atom. The Morgan fingerprint density at radius 2 is 1.80 bits per heavy atom. The molecule has 0 spiro atoms. The fraction of sp³-hybridized carbons (Fsp3) is 0.471. The van der Waals surface area contributed by atoms with Crippen LogP contribution in [0.4, 0.5) is 5.69 Å². The normalized spacial score (nSPS) is 17.7. The van der Waals surface area contributed by atoms with Crippen LogP contribution in [-0.4, -0.2) is 70.3 Å². The second-order valence-electron chi connectivity index (χ2n) is 5.98. The quantitative estimate of drug-likeness (QED) is 0.835. The highest BCUT2D eigenvalue weighted by Gasteiger charge is 2.23. The van der Waals surface area contributed by atoms with Gasteiger partial charge in [0.25, 0.3) is 0 Å². The average Bonchev–Trinajstić information content (AvgIpc) is 3.02. The van der Waals surface area contributed by atoms with Gasteiger partial charge in [-0.05, 0) is 17.7 Å². The first-order chi connectivity index (χ1) is 12.1. The summed E-state index contributed by atoms with van der Waals surface area (Å²) >= 11 is 3.40. The summed E-state index contributed by atoms with van der Waals surface area (Å²) in [6.07, 6.45) is 0.387. The molecule has 1 aromatic carbocycles. The van der Waals surface area contributed by atoms with Crippen LogP contribution in [0.15, 0.2) is 24.3 Å². The van der Waals surface area contributed by atoms with E-state index in [2.05, 4.69) is 5.32 Å². The van der Waals surface area contributed by atoms with E-state index in [1.807, 2.05) is 28.8 Å². The van der Waals surface area contributed by atoms with Crippen molar-refractivity contribution < 1.29 is 14.4 Å². The Balaban J connectivity index is 1.48. The predicted molar refractivity (Wildman–Crippen MR) is 102 cm³/mol. The number of rotatable bonds is 5. The molecule has 25 heavy (non-hydrogen) atoms. The third-order valence-corrected chi connectivity index (χ3v) is 6.00. The molecule has 1 aromatic rings. The minimum absolute atomic E-state index is 0.00474. The molecule has 134 valence electrons. The van der Waals surface area contributed by atoms with Crippen molar-refractivity contribution in [3.8, 4) is 0 Å². The molecule has 2 fully saturated rings. The molecule has 1 N–H and O–H groups in total. The van der Waals surface area contributed by atoms with Gasteiger partial charge in [0.05, 0.1) is 18.1 Å². The fourth-order valence-corrected chi connectivity index (χ4v) is 4.53. The molecule has 3 amide bonds. The lowest BCUT2D eigenvalue weighted by atomic mass is 10.1. The highest BCUT2D eigenvalue weighted by atomic mass is 32.2. The number of carbonyl (C=O) groups is 3. The lowest BCUT2D eigenvalue weighted by Gasteiger charge is -2.26. The van der Waals surface area contributed by atoms with Crippen molar-refractivity contribution in [1.29, 1.82) is 0 Å². The average molecular weight is 380 g/mol. The maximum atomic E-state index is 12.3. The number of carbonyl (C=O) groups excluding carboxylic acids is 3. The second kappa shape index (κ2) is 8.62. The Hall–Kier alpha value is -1.67. The number of hydrogen-bond donors (Lipinski definition) is 1. The summed E-state index contributed by atoms with van der Waals surface area (Å²) in [7, 11) is 0.